The summed E-state index contributed by atoms with van der Waals surface area (Å²) in [5.74, 6) is -0.261. The van der Waals surface area contributed by atoms with Gasteiger partial charge in [-0.2, -0.15) is 5.10 Å². The molecule has 2 rings (SSSR count). The lowest BCUT2D eigenvalue weighted by Gasteiger charge is -2.11. The van der Waals surface area contributed by atoms with Crippen LogP contribution < -0.4 is 5.73 Å². The molecule has 15 heavy (non-hydrogen) atoms. The molecule has 0 amide bonds. The third-order valence-corrected chi connectivity index (χ3v) is 2.22. The highest BCUT2D eigenvalue weighted by molar-refractivity contribution is 5.19. The lowest BCUT2D eigenvalue weighted by atomic mass is 10.1. The van der Waals surface area contributed by atoms with Crippen LogP contribution >= 0.6 is 0 Å². The van der Waals surface area contributed by atoms with Crippen molar-refractivity contribution in [3.05, 3.63) is 54.1 Å². The van der Waals surface area contributed by atoms with Gasteiger partial charge in [0.05, 0.1) is 6.54 Å². The van der Waals surface area contributed by atoms with Crippen molar-refractivity contribution in [2.24, 2.45) is 5.73 Å². The zero-order chi connectivity index (χ0) is 10.7. The fraction of sp³-hybridized carbons (Fsp3) is 0.182. The van der Waals surface area contributed by atoms with Crippen molar-refractivity contribution in [2.75, 3.05) is 0 Å². The molecule has 1 aromatic carbocycles. The van der Waals surface area contributed by atoms with E-state index in [1.807, 2.05) is 18.3 Å². The first-order valence-electron chi connectivity index (χ1n) is 4.74. The Morgan fingerprint density at radius 3 is 2.93 bits per heavy atom. The highest BCUT2D eigenvalue weighted by Crippen LogP contribution is 2.13. The first-order chi connectivity index (χ1) is 7.25. The summed E-state index contributed by atoms with van der Waals surface area (Å²) in [6, 6.07) is 7.93. The summed E-state index contributed by atoms with van der Waals surface area (Å²) in [5.41, 5.74) is 6.71. The van der Waals surface area contributed by atoms with E-state index in [2.05, 4.69) is 5.10 Å². The Hall–Kier alpha value is -1.68. The second-order valence-corrected chi connectivity index (χ2v) is 3.39. The summed E-state index contributed by atoms with van der Waals surface area (Å²) in [4.78, 5) is 0. The van der Waals surface area contributed by atoms with E-state index >= 15 is 0 Å². The summed E-state index contributed by atoms with van der Waals surface area (Å²) in [7, 11) is 0. The topological polar surface area (TPSA) is 43.8 Å². The van der Waals surface area contributed by atoms with E-state index in [1.54, 1.807) is 16.9 Å². The normalized spacial score (nSPS) is 12.7. The van der Waals surface area contributed by atoms with E-state index in [1.165, 1.54) is 12.1 Å². The van der Waals surface area contributed by atoms with Crippen LogP contribution in [0, 0.1) is 5.82 Å². The number of nitrogens with two attached hydrogens (primary N) is 1. The van der Waals surface area contributed by atoms with Crippen molar-refractivity contribution in [1.82, 2.24) is 9.78 Å². The molecule has 3 nitrogen and oxygen atoms in total. The molecule has 1 heterocycles. The standard InChI is InChI=1S/C11H12FN3/c12-10-4-1-3-9(7-10)11(13)8-15-6-2-5-14-15/h1-7,11H,8,13H2. The summed E-state index contributed by atoms with van der Waals surface area (Å²) >= 11 is 0. The van der Waals surface area contributed by atoms with Crippen molar-refractivity contribution < 1.29 is 4.39 Å². The monoisotopic (exact) mass is 205 g/mol. The van der Waals surface area contributed by atoms with Gasteiger partial charge in [-0.3, -0.25) is 4.68 Å². The second-order valence-electron chi connectivity index (χ2n) is 3.39. The fourth-order valence-electron chi connectivity index (χ4n) is 1.45. The van der Waals surface area contributed by atoms with Gasteiger partial charge >= 0.3 is 0 Å². The number of nitrogens with zero attached hydrogens (tertiary/aromatic N) is 2. The SMILES string of the molecule is NC(Cn1cccn1)c1cccc(F)c1. The first-order valence-corrected chi connectivity index (χ1v) is 4.74. The summed E-state index contributed by atoms with van der Waals surface area (Å²) < 4.78 is 14.7. The minimum absolute atomic E-state index is 0.236. The summed E-state index contributed by atoms with van der Waals surface area (Å²) in [5, 5.41) is 4.05. The van der Waals surface area contributed by atoms with E-state index in [9.17, 15) is 4.39 Å². The maximum atomic E-state index is 12.9. The maximum Gasteiger partial charge on any atom is 0.123 e. The number of rotatable bonds is 3. The van der Waals surface area contributed by atoms with Crippen LogP contribution in [0.2, 0.25) is 0 Å². The Morgan fingerprint density at radius 2 is 2.27 bits per heavy atom. The zero-order valence-corrected chi connectivity index (χ0v) is 8.18. The molecule has 0 spiro atoms. The van der Waals surface area contributed by atoms with Crippen LogP contribution in [0.1, 0.15) is 11.6 Å². The highest BCUT2D eigenvalue weighted by atomic mass is 19.1. The minimum atomic E-state index is -0.261. The number of halogens is 1. The van der Waals surface area contributed by atoms with Crippen molar-refractivity contribution in [1.29, 1.82) is 0 Å². The molecule has 2 N–H and O–H groups in total. The smallest absolute Gasteiger partial charge is 0.123 e. The number of benzene rings is 1. The molecule has 0 aliphatic heterocycles. The lowest BCUT2D eigenvalue weighted by Crippen LogP contribution is -2.17. The number of aromatic nitrogens is 2. The molecule has 0 saturated carbocycles. The Bertz CT molecular complexity index is 425. The van der Waals surface area contributed by atoms with Gasteiger partial charge in [0.15, 0.2) is 0 Å². The van der Waals surface area contributed by atoms with E-state index < -0.39 is 0 Å². The van der Waals surface area contributed by atoms with E-state index in [0.717, 1.165) is 5.56 Å². The molecule has 0 bridgehead atoms. The molecule has 1 aromatic heterocycles. The van der Waals surface area contributed by atoms with Gasteiger partial charge in [-0.05, 0) is 23.8 Å². The quantitative estimate of drug-likeness (QED) is 0.829. The molecule has 2 aromatic rings. The minimum Gasteiger partial charge on any atom is -0.322 e. The molecule has 78 valence electrons. The van der Waals surface area contributed by atoms with Crippen LogP contribution in [-0.2, 0) is 6.54 Å². The number of hydrogen-bond donors (Lipinski definition) is 1. The first kappa shape index (κ1) is 9.86. The molecular formula is C11H12FN3. The van der Waals surface area contributed by atoms with E-state index in [-0.39, 0.29) is 11.9 Å². The Balaban J connectivity index is 2.11. The van der Waals surface area contributed by atoms with Gasteiger partial charge in [0.25, 0.3) is 0 Å². The molecule has 1 unspecified atom stereocenters. The van der Waals surface area contributed by atoms with Crippen LogP contribution in [0.3, 0.4) is 0 Å². The van der Waals surface area contributed by atoms with Gasteiger partial charge in [-0.15, -0.1) is 0 Å². The van der Waals surface area contributed by atoms with Crippen molar-refractivity contribution in [2.45, 2.75) is 12.6 Å². The van der Waals surface area contributed by atoms with Crippen molar-refractivity contribution in [3.8, 4) is 0 Å². The largest absolute Gasteiger partial charge is 0.322 e. The summed E-state index contributed by atoms with van der Waals surface area (Å²) in [6.45, 7) is 0.552. The predicted molar refractivity (Wildman–Crippen MR) is 55.6 cm³/mol. The lowest BCUT2D eigenvalue weighted by molar-refractivity contribution is 0.524. The molecular weight excluding hydrogens is 193 g/mol. The summed E-state index contributed by atoms with van der Waals surface area (Å²) in [6.07, 6.45) is 3.53. The van der Waals surface area contributed by atoms with Crippen LogP contribution in [0.15, 0.2) is 42.7 Å². The molecule has 0 radical (unpaired) electrons. The average molecular weight is 205 g/mol. The van der Waals surface area contributed by atoms with Gasteiger partial charge in [-0.1, -0.05) is 12.1 Å². The van der Waals surface area contributed by atoms with Crippen LogP contribution in [0.5, 0.6) is 0 Å². The van der Waals surface area contributed by atoms with Gasteiger partial charge in [0.2, 0.25) is 0 Å². The van der Waals surface area contributed by atoms with E-state index in [0.29, 0.717) is 6.54 Å². The van der Waals surface area contributed by atoms with Gasteiger partial charge in [0, 0.05) is 18.4 Å². The molecule has 1 atom stereocenters. The third kappa shape index (κ3) is 2.41. The van der Waals surface area contributed by atoms with Crippen LogP contribution in [-0.4, -0.2) is 9.78 Å². The molecule has 0 saturated heterocycles. The third-order valence-electron chi connectivity index (χ3n) is 2.22. The Morgan fingerprint density at radius 1 is 1.40 bits per heavy atom. The van der Waals surface area contributed by atoms with Crippen LogP contribution in [0.4, 0.5) is 4.39 Å². The highest BCUT2D eigenvalue weighted by Gasteiger charge is 2.07. The Kier molecular flexibility index (Phi) is 2.78. The van der Waals surface area contributed by atoms with Crippen LogP contribution in [0.25, 0.3) is 0 Å². The molecule has 0 fully saturated rings. The predicted octanol–water partition coefficient (Wildman–Crippen LogP) is 1.72. The second kappa shape index (κ2) is 4.23. The zero-order valence-electron chi connectivity index (χ0n) is 8.18. The molecule has 4 heteroatoms. The van der Waals surface area contributed by atoms with Gasteiger partial charge in [0.1, 0.15) is 5.82 Å². The Labute approximate surface area is 87.3 Å². The molecule has 0 aliphatic rings. The number of hydrogen-bond acceptors (Lipinski definition) is 2. The van der Waals surface area contributed by atoms with Gasteiger partial charge < -0.3 is 5.73 Å². The van der Waals surface area contributed by atoms with Crippen molar-refractivity contribution >= 4 is 0 Å². The van der Waals surface area contributed by atoms with Gasteiger partial charge in [-0.25, -0.2) is 4.39 Å². The maximum absolute atomic E-state index is 12.9. The fourth-order valence-corrected chi connectivity index (χ4v) is 1.45. The van der Waals surface area contributed by atoms with Crippen molar-refractivity contribution in [3.63, 3.8) is 0 Å². The molecule has 0 aliphatic carbocycles. The average Bonchev–Trinajstić information content (AvgIpc) is 2.70. The van der Waals surface area contributed by atoms with E-state index in [4.69, 9.17) is 5.73 Å².